The van der Waals surface area contributed by atoms with Crippen molar-refractivity contribution in [3.63, 3.8) is 0 Å². The fourth-order valence-electron chi connectivity index (χ4n) is 4.57. The molecule has 0 radical (unpaired) electrons. The first-order valence-electron chi connectivity index (χ1n) is 14.5. The quantitative estimate of drug-likeness (QED) is 0.124. The highest BCUT2D eigenvalue weighted by Gasteiger charge is 2.26. The van der Waals surface area contributed by atoms with Crippen molar-refractivity contribution in [2.24, 2.45) is 20.0 Å². The van der Waals surface area contributed by atoms with Gasteiger partial charge in [0.2, 0.25) is 11.6 Å². The third kappa shape index (κ3) is 7.34. The van der Waals surface area contributed by atoms with E-state index < -0.39 is 23.9 Å². The van der Waals surface area contributed by atoms with Crippen molar-refractivity contribution in [3.8, 4) is 0 Å². The van der Waals surface area contributed by atoms with Crippen LogP contribution in [0.4, 0.5) is 22.7 Å². The summed E-state index contributed by atoms with van der Waals surface area (Å²) < 4.78 is 0. The Labute approximate surface area is 281 Å². The molecule has 0 spiro atoms. The normalized spacial score (nSPS) is 13.4. The number of anilines is 4. The van der Waals surface area contributed by atoms with Crippen molar-refractivity contribution in [1.29, 1.82) is 0 Å². The van der Waals surface area contributed by atoms with Crippen LogP contribution in [0.3, 0.4) is 0 Å². The predicted octanol–water partition coefficient (Wildman–Crippen LogP) is 4.98. The molecule has 0 saturated heterocycles. The number of aromatic carboxylic acids is 4. The van der Waals surface area contributed by atoms with Crippen LogP contribution >= 0.6 is 0 Å². The van der Waals surface area contributed by atoms with Crippen LogP contribution in [0.2, 0.25) is 0 Å². The third-order valence-electron chi connectivity index (χ3n) is 7.10. The second-order valence-corrected chi connectivity index (χ2v) is 10.5. The Morgan fingerprint density at radius 3 is 0.680 bits per heavy atom. The first-order valence-corrected chi connectivity index (χ1v) is 14.5. The van der Waals surface area contributed by atoms with E-state index in [1.807, 2.05) is 0 Å². The molecular formula is C34H24N8O8. The van der Waals surface area contributed by atoms with Gasteiger partial charge in [-0.2, -0.15) is 0 Å². The topological polar surface area (TPSA) is 247 Å². The van der Waals surface area contributed by atoms with Crippen molar-refractivity contribution < 1.29 is 39.6 Å². The average molecular weight is 673 g/mol. The van der Waals surface area contributed by atoms with Crippen LogP contribution in [0.15, 0.2) is 129 Å². The molecule has 0 unspecified atom stereocenters. The van der Waals surface area contributed by atoms with Crippen LogP contribution in [0, 0.1) is 0 Å². The smallest absolute Gasteiger partial charge is 0.335 e. The van der Waals surface area contributed by atoms with Crippen LogP contribution in [-0.4, -0.2) is 67.6 Å². The lowest BCUT2D eigenvalue weighted by molar-refractivity contribution is 0.0686. The van der Waals surface area contributed by atoms with Crippen molar-refractivity contribution in [3.05, 3.63) is 131 Å². The Hall–Kier alpha value is -7.62. The van der Waals surface area contributed by atoms with Gasteiger partial charge in [-0.3, -0.25) is 0 Å². The van der Waals surface area contributed by atoms with Gasteiger partial charge in [0.05, 0.1) is 22.3 Å². The Balaban J connectivity index is 1.37. The molecule has 0 aliphatic carbocycles. The molecule has 0 fully saturated rings. The van der Waals surface area contributed by atoms with Gasteiger partial charge < -0.3 is 41.7 Å². The van der Waals surface area contributed by atoms with E-state index >= 15 is 0 Å². The van der Waals surface area contributed by atoms with E-state index in [0.29, 0.717) is 22.7 Å². The minimum Gasteiger partial charge on any atom is -0.478 e. The highest BCUT2D eigenvalue weighted by Crippen LogP contribution is 2.25. The first kappa shape index (κ1) is 32.3. The molecule has 6 rings (SSSR count). The van der Waals surface area contributed by atoms with Crippen molar-refractivity contribution in [1.82, 2.24) is 0 Å². The van der Waals surface area contributed by atoms with Crippen LogP contribution in [0.25, 0.3) is 0 Å². The zero-order valence-corrected chi connectivity index (χ0v) is 25.4. The Morgan fingerprint density at radius 1 is 0.340 bits per heavy atom. The molecule has 2 aliphatic heterocycles. The van der Waals surface area contributed by atoms with Crippen LogP contribution in [0.1, 0.15) is 41.4 Å². The first-order chi connectivity index (χ1) is 24.0. The number of aliphatic imine (C=N–C) groups is 4. The SMILES string of the molecule is O=C(O)c1ccc(NC2=NC(=C3N=C(Nc4ccc(C(=O)O)cc4)C(Nc4ccc(C(=O)O)cc4)=N3)N=C2Nc2ccc(C(=O)O)cc2)cc1. The predicted molar refractivity (Wildman–Crippen MR) is 185 cm³/mol. The molecular weight excluding hydrogens is 648 g/mol. The second kappa shape index (κ2) is 13.6. The maximum atomic E-state index is 11.3. The van der Waals surface area contributed by atoms with Gasteiger partial charge in [0, 0.05) is 22.7 Å². The van der Waals surface area contributed by atoms with Crippen LogP contribution in [0.5, 0.6) is 0 Å². The summed E-state index contributed by atoms with van der Waals surface area (Å²) in [6.07, 6.45) is 0. The summed E-state index contributed by atoms with van der Waals surface area (Å²) in [5, 5.41) is 49.5. The Morgan fingerprint density at radius 2 is 0.520 bits per heavy atom. The Kier molecular flexibility index (Phi) is 8.81. The maximum absolute atomic E-state index is 11.3. The summed E-state index contributed by atoms with van der Waals surface area (Å²) in [6.45, 7) is 0. The van der Waals surface area contributed by atoms with Crippen LogP contribution in [-0.2, 0) is 0 Å². The second-order valence-electron chi connectivity index (χ2n) is 10.5. The molecule has 2 aliphatic rings. The molecule has 0 bridgehead atoms. The van der Waals surface area contributed by atoms with E-state index in [1.54, 1.807) is 48.5 Å². The van der Waals surface area contributed by atoms with Gasteiger partial charge in [0.25, 0.3) is 0 Å². The lowest BCUT2D eigenvalue weighted by Gasteiger charge is -2.11. The number of carboxylic acids is 4. The van der Waals surface area contributed by atoms with Crippen molar-refractivity contribution in [2.75, 3.05) is 21.3 Å². The molecule has 248 valence electrons. The minimum atomic E-state index is -1.09. The van der Waals surface area contributed by atoms with Gasteiger partial charge in [-0.05, 0) is 97.1 Å². The summed E-state index contributed by atoms with van der Waals surface area (Å²) in [5.41, 5.74) is 2.32. The number of carboxylic acid groups (broad SMARTS) is 4. The number of nitrogens with one attached hydrogen (secondary N) is 4. The largest absolute Gasteiger partial charge is 0.478 e. The zero-order chi connectivity index (χ0) is 35.4. The molecule has 2 heterocycles. The number of hydrogen-bond donors (Lipinski definition) is 8. The molecule has 16 heteroatoms. The summed E-state index contributed by atoms with van der Waals surface area (Å²) in [6, 6.07) is 23.8. The zero-order valence-electron chi connectivity index (χ0n) is 25.4. The van der Waals surface area contributed by atoms with Crippen LogP contribution < -0.4 is 21.3 Å². The summed E-state index contributed by atoms with van der Waals surface area (Å²) in [5.74, 6) is -3.35. The van der Waals surface area contributed by atoms with E-state index in [4.69, 9.17) is 0 Å². The summed E-state index contributed by atoms with van der Waals surface area (Å²) in [4.78, 5) is 63.7. The number of rotatable bonds is 8. The van der Waals surface area contributed by atoms with E-state index in [2.05, 4.69) is 41.2 Å². The number of nitrogens with zero attached hydrogens (tertiary/aromatic N) is 4. The maximum Gasteiger partial charge on any atom is 0.335 e. The fourth-order valence-corrected chi connectivity index (χ4v) is 4.57. The molecule has 8 N–H and O–H groups in total. The van der Waals surface area contributed by atoms with Gasteiger partial charge in [-0.25, -0.2) is 39.1 Å². The Bertz CT molecular complexity index is 1880. The van der Waals surface area contributed by atoms with Crippen molar-refractivity contribution in [2.45, 2.75) is 0 Å². The monoisotopic (exact) mass is 672 g/mol. The lowest BCUT2D eigenvalue weighted by Crippen LogP contribution is -2.27. The molecule has 0 atom stereocenters. The molecule has 0 saturated carbocycles. The number of amidine groups is 4. The van der Waals surface area contributed by atoms with Gasteiger partial charge in [0.15, 0.2) is 23.3 Å². The van der Waals surface area contributed by atoms with Gasteiger partial charge in [-0.1, -0.05) is 0 Å². The molecule has 0 aromatic heterocycles. The lowest BCUT2D eigenvalue weighted by atomic mass is 10.2. The highest BCUT2D eigenvalue weighted by atomic mass is 16.4. The highest BCUT2D eigenvalue weighted by molar-refractivity contribution is 6.51. The third-order valence-corrected chi connectivity index (χ3v) is 7.10. The molecule has 0 amide bonds. The van der Waals surface area contributed by atoms with E-state index in [1.165, 1.54) is 48.5 Å². The summed E-state index contributed by atoms with van der Waals surface area (Å²) in [7, 11) is 0. The standard InChI is InChI=1S/C34H24N8O8/c43-31(44)17-1-9-21(10-2-17)35-25-26(36-22-11-3-18(4-12-22)32(45)46)40-29(39-25)30-41-27(37-23-13-5-19(6-14-23)33(47)48)28(42-30)38-24-15-7-20(8-16-24)34(49)50/h1-16H,(H,35,39)(H,36,40)(H,37,41)(H,38,42)(H,43,44)(H,45,46)(H,47,48)(H,49,50). The minimum absolute atomic E-state index is 0.0675. The molecule has 50 heavy (non-hydrogen) atoms. The van der Waals surface area contributed by atoms with E-state index in [9.17, 15) is 39.6 Å². The fraction of sp³-hybridized carbons (Fsp3) is 0. The van der Waals surface area contributed by atoms with Gasteiger partial charge in [0.1, 0.15) is 0 Å². The van der Waals surface area contributed by atoms with E-state index in [-0.39, 0.29) is 57.2 Å². The van der Waals surface area contributed by atoms with Gasteiger partial charge >= 0.3 is 23.9 Å². The average Bonchev–Trinajstić information content (AvgIpc) is 3.68. The number of carbonyl (C=O) groups is 4. The molecule has 4 aromatic carbocycles. The van der Waals surface area contributed by atoms with Gasteiger partial charge in [-0.15, -0.1) is 0 Å². The van der Waals surface area contributed by atoms with E-state index in [0.717, 1.165) is 0 Å². The van der Waals surface area contributed by atoms with Crippen molar-refractivity contribution >= 4 is 70.0 Å². The molecule has 16 nitrogen and oxygen atoms in total. The number of benzene rings is 4. The number of hydrogen-bond acceptors (Lipinski definition) is 12. The molecule has 4 aromatic rings. The summed E-state index contributed by atoms with van der Waals surface area (Å²) >= 11 is 0.